The van der Waals surface area contributed by atoms with Crippen molar-refractivity contribution in [3.63, 3.8) is 0 Å². The Kier molecular flexibility index (Phi) is 5.24. The second-order valence-corrected chi connectivity index (χ2v) is 6.34. The molecule has 2 aliphatic rings. The number of carbonyl (C=O) groups is 3. The molecule has 1 aromatic carbocycles. The summed E-state index contributed by atoms with van der Waals surface area (Å²) in [5.74, 6) is -1.46. The zero-order valence-electron chi connectivity index (χ0n) is 14.0. The van der Waals surface area contributed by atoms with Gasteiger partial charge in [0.15, 0.2) is 17.8 Å². The molecule has 2 unspecified atom stereocenters. The Morgan fingerprint density at radius 3 is 2.81 bits per heavy atom. The number of carbonyl (C=O) groups excluding carboxylic acids is 2. The minimum atomic E-state index is -1.09. The van der Waals surface area contributed by atoms with Crippen molar-refractivity contribution in [3.8, 4) is 5.75 Å². The van der Waals surface area contributed by atoms with E-state index in [2.05, 4.69) is 10.6 Å². The summed E-state index contributed by atoms with van der Waals surface area (Å²) in [6.07, 6.45) is 0.812. The number of nitrogens with one attached hydrogen (secondary N) is 2. The normalized spacial score (nSPS) is 23.3. The van der Waals surface area contributed by atoms with Gasteiger partial charge in [-0.1, -0.05) is 0 Å². The molecule has 3 amide bonds. The van der Waals surface area contributed by atoms with Crippen LogP contribution in [0.1, 0.15) is 32.1 Å². The quantitative estimate of drug-likeness (QED) is 0.704. The van der Waals surface area contributed by atoms with Gasteiger partial charge in [0.2, 0.25) is 11.8 Å². The van der Waals surface area contributed by atoms with E-state index >= 15 is 0 Å². The van der Waals surface area contributed by atoms with E-state index in [1.54, 1.807) is 6.07 Å². The highest BCUT2D eigenvalue weighted by molar-refractivity contribution is 6.01. The summed E-state index contributed by atoms with van der Waals surface area (Å²) >= 11 is 0. The SMILES string of the molecule is O=C1CCC(Nc2ccc(OC3CCCCN3C(=O)O)c(F)c2)C(=O)N1. The maximum atomic E-state index is 14.4. The molecule has 1 aromatic rings. The molecule has 2 aliphatic heterocycles. The van der Waals surface area contributed by atoms with Gasteiger partial charge >= 0.3 is 6.09 Å². The van der Waals surface area contributed by atoms with Gasteiger partial charge in [-0.05, 0) is 31.4 Å². The largest absolute Gasteiger partial charge is 0.467 e. The Bertz CT molecular complexity index is 726. The number of piperidine rings is 2. The zero-order valence-corrected chi connectivity index (χ0v) is 14.0. The van der Waals surface area contributed by atoms with Crippen LogP contribution in [0.2, 0.25) is 0 Å². The number of hydrogen-bond donors (Lipinski definition) is 3. The molecule has 3 rings (SSSR count). The minimum absolute atomic E-state index is 0.0445. The number of imide groups is 1. The molecule has 2 heterocycles. The maximum absolute atomic E-state index is 14.4. The summed E-state index contributed by atoms with van der Waals surface area (Å²) < 4.78 is 19.9. The van der Waals surface area contributed by atoms with E-state index in [1.807, 2.05) is 0 Å². The lowest BCUT2D eigenvalue weighted by Gasteiger charge is -2.33. The third-order valence-electron chi connectivity index (χ3n) is 4.47. The standard InChI is InChI=1S/C17H20FN3O5/c18-11-9-10(19-12-5-7-14(22)20-16(12)23)4-6-13(11)26-15-3-1-2-8-21(15)17(24)25/h4,6,9,12,15,19H,1-3,5,7-8H2,(H,24,25)(H,20,22,23). The van der Waals surface area contributed by atoms with E-state index in [-0.39, 0.29) is 18.1 Å². The van der Waals surface area contributed by atoms with Gasteiger partial charge in [-0.2, -0.15) is 0 Å². The lowest BCUT2D eigenvalue weighted by molar-refractivity contribution is -0.133. The summed E-state index contributed by atoms with van der Waals surface area (Å²) in [5, 5.41) is 14.3. The number of benzene rings is 1. The van der Waals surface area contributed by atoms with E-state index < -0.39 is 30.1 Å². The Morgan fingerprint density at radius 2 is 2.12 bits per heavy atom. The molecule has 0 aromatic heterocycles. The predicted octanol–water partition coefficient (Wildman–Crippen LogP) is 1.91. The minimum Gasteiger partial charge on any atom is -0.467 e. The van der Waals surface area contributed by atoms with Gasteiger partial charge in [0.05, 0.1) is 0 Å². The van der Waals surface area contributed by atoms with Crippen molar-refractivity contribution < 1.29 is 28.6 Å². The molecule has 0 spiro atoms. The number of anilines is 1. The number of ether oxygens (including phenoxy) is 1. The van der Waals surface area contributed by atoms with Gasteiger partial charge in [0.25, 0.3) is 0 Å². The molecule has 2 fully saturated rings. The average Bonchev–Trinajstić information content (AvgIpc) is 2.60. The van der Waals surface area contributed by atoms with Crippen molar-refractivity contribution in [3.05, 3.63) is 24.0 Å². The fourth-order valence-electron chi connectivity index (χ4n) is 3.11. The number of rotatable bonds is 4. The van der Waals surface area contributed by atoms with E-state index in [0.29, 0.717) is 25.1 Å². The van der Waals surface area contributed by atoms with Gasteiger partial charge in [-0.25, -0.2) is 9.18 Å². The molecule has 0 radical (unpaired) electrons. The van der Waals surface area contributed by atoms with Crippen LogP contribution in [0, 0.1) is 5.82 Å². The average molecular weight is 365 g/mol. The molecule has 0 aliphatic carbocycles. The highest BCUT2D eigenvalue weighted by Crippen LogP contribution is 2.27. The van der Waals surface area contributed by atoms with Gasteiger partial charge in [0, 0.05) is 31.1 Å². The summed E-state index contributed by atoms with van der Waals surface area (Å²) in [6, 6.07) is 3.53. The smallest absolute Gasteiger partial charge is 0.410 e. The van der Waals surface area contributed by atoms with Crippen LogP contribution in [0.25, 0.3) is 0 Å². The van der Waals surface area contributed by atoms with Crippen LogP contribution in [0.4, 0.5) is 14.9 Å². The Balaban J connectivity index is 1.66. The molecule has 9 heteroatoms. The van der Waals surface area contributed by atoms with E-state index in [0.717, 1.165) is 12.8 Å². The van der Waals surface area contributed by atoms with Crippen molar-refractivity contribution in [2.75, 3.05) is 11.9 Å². The summed E-state index contributed by atoms with van der Waals surface area (Å²) in [5.41, 5.74) is 0.378. The number of carboxylic acid groups (broad SMARTS) is 1. The lowest BCUT2D eigenvalue weighted by atomic mass is 10.1. The number of amides is 3. The predicted molar refractivity (Wildman–Crippen MR) is 89.2 cm³/mol. The van der Waals surface area contributed by atoms with Crippen LogP contribution in [0.15, 0.2) is 18.2 Å². The second-order valence-electron chi connectivity index (χ2n) is 6.34. The van der Waals surface area contributed by atoms with Crippen LogP contribution in [0.5, 0.6) is 5.75 Å². The maximum Gasteiger partial charge on any atom is 0.410 e. The fourth-order valence-corrected chi connectivity index (χ4v) is 3.11. The molecule has 2 saturated heterocycles. The van der Waals surface area contributed by atoms with E-state index in [9.17, 15) is 23.9 Å². The van der Waals surface area contributed by atoms with Gasteiger partial charge in [0.1, 0.15) is 6.04 Å². The van der Waals surface area contributed by atoms with Crippen LogP contribution >= 0.6 is 0 Å². The zero-order chi connectivity index (χ0) is 18.7. The molecule has 0 saturated carbocycles. The monoisotopic (exact) mass is 365 g/mol. The molecule has 26 heavy (non-hydrogen) atoms. The van der Waals surface area contributed by atoms with Crippen LogP contribution in [-0.2, 0) is 9.59 Å². The highest BCUT2D eigenvalue weighted by Gasteiger charge is 2.29. The Hall–Kier alpha value is -2.84. The van der Waals surface area contributed by atoms with Gasteiger partial charge in [-0.15, -0.1) is 0 Å². The summed E-state index contributed by atoms with van der Waals surface area (Å²) in [4.78, 5) is 35.3. The third-order valence-corrected chi connectivity index (χ3v) is 4.47. The molecule has 3 N–H and O–H groups in total. The van der Waals surface area contributed by atoms with Crippen molar-refractivity contribution >= 4 is 23.6 Å². The Labute approximate surface area is 149 Å². The fraction of sp³-hybridized carbons (Fsp3) is 0.471. The van der Waals surface area contributed by atoms with E-state index in [4.69, 9.17) is 4.74 Å². The molecular weight excluding hydrogens is 345 g/mol. The van der Waals surface area contributed by atoms with Crippen LogP contribution in [-0.4, -0.2) is 46.7 Å². The first-order chi connectivity index (χ1) is 12.4. The number of nitrogens with zero attached hydrogens (tertiary/aromatic N) is 1. The first kappa shape index (κ1) is 18.0. The lowest BCUT2D eigenvalue weighted by Crippen LogP contribution is -2.47. The Morgan fingerprint density at radius 1 is 1.31 bits per heavy atom. The molecule has 140 valence electrons. The first-order valence-electron chi connectivity index (χ1n) is 8.50. The van der Waals surface area contributed by atoms with Crippen LogP contribution in [0.3, 0.4) is 0 Å². The van der Waals surface area contributed by atoms with Crippen LogP contribution < -0.4 is 15.4 Å². The van der Waals surface area contributed by atoms with Gasteiger partial charge in [-0.3, -0.25) is 19.8 Å². The van der Waals surface area contributed by atoms with Crippen molar-refractivity contribution in [2.24, 2.45) is 0 Å². The molecule has 8 nitrogen and oxygen atoms in total. The number of likely N-dealkylation sites (tertiary alicyclic amines) is 1. The molecule has 2 atom stereocenters. The summed E-state index contributed by atoms with van der Waals surface area (Å²) in [6.45, 7) is 0.358. The summed E-state index contributed by atoms with van der Waals surface area (Å²) in [7, 11) is 0. The number of halogens is 1. The highest BCUT2D eigenvalue weighted by atomic mass is 19.1. The second kappa shape index (κ2) is 7.59. The van der Waals surface area contributed by atoms with E-state index in [1.165, 1.54) is 17.0 Å². The van der Waals surface area contributed by atoms with Crippen molar-refractivity contribution in [1.29, 1.82) is 0 Å². The number of hydrogen-bond acceptors (Lipinski definition) is 5. The first-order valence-corrected chi connectivity index (χ1v) is 8.50. The van der Waals surface area contributed by atoms with Gasteiger partial charge < -0.3 is 15.2 Å². The third kappa shape index (κ3) is 4.04. The molecular formula is C17H20FN3O5. The van der Waals surface area contributed by atoms with Crippen molar-refractivity contribution in [2.45, 2.75) is 44.4 Å². The van der Waals surface area contributed by atoms with Crippen molar-refractivity contribution in [1.82, 2.24) is 10.2 Å². The molecule has 0 bridgehead atoms. The topological polar surface area (TPSA) is 108 Å².